The third-order valence-electron chi connectivity index (χ3n) is 3.55. The van der Waals surface area contributed by atoms with Crippen molar-refractivity contribution in [2.24, 2.45) is 5.41 Å². The number of aryl methyl sites for hydroxylation is 2. The van der Waals surface area contributed by atoms with E-state index < -0.39 is 36.5 Å². The normalized spacial score (nSPS) is 15.0. The van der Waals surface area contributed by atoms with Crippen molar-refractivity contribution in [3.8, 4) is 5.75 Å². The fourth-order valence-corrected chi connectivity index (χ4v) is 1.95. The summed E-state index contributed by atoms with van der Waals surface area (Å²) >= 11 is 6.01. The number of carbonyl (C=O) groups is 2. The molecule has 0 bridgehead atoms. The van der Waals surface area contributed by atoms with Crippen LogP contribution in [0.1, 0.15) is 24.5 Å². The molecule has 0 radical (unpaired) electrons. The number of carboxylic acids is 1. The molecule has 2 unspecified atom stereocenters. The number of halogens is 1. The highest BCUT2D eigenvalue weighted by molar-refractivity contribution is 6.32. The van der Waals surface area contributed by atoms with Gasteiger partial charge in [-0.2, -0.15) is 0 Å². The van der Waals surface area contributed by atoms with Crippen LogP contribution < -0.4 is 4.74 Å². The number of carbonyl (C=O) groups excluding carboxylic acids is 1. The molecular formula is C15H19ClO6. The molecule has 0 heterocycles. The molecule has 0 saturated heterocycles. The summed E-state index contributed by atoms with van der Waals surface area (Å²) < 4.78 is 5.09. The van der Waals surface area contributed by atoms with Crippen LogP contribution in [0.5, 0.6) is 5.75 Å². The van der Waals surface area contributed by atoms with Gasteiger partial charge >= 0.3 is 11.9 Å². The van der Waals surface area contributed by atoms with Gasteiger partial charge in [0.25, 0.3) is 0 Å². The first-order chi connectivity index (χ1) is 10.1. The second-order valence-electron chi connectivity index (χ2n) is 5.45. The number of rotatable bonds is 6. The van der Waals surface area contributed by atoms with Gasteiger partial charge in [-0.15, -0.1) is 0 Å². The summed E-state index contributed by atoms with van der Waals surface area (Å²) in [6.45, 7) is 3.88. The van der Waals surface area contributed by atoms with E-state index >= 15 is 0 Å². The van der Waals surface area contributed by atoms with E-state index in [2.05, 4.69) is 0 Å². The van der Waals surface area contributed by atoms with Gasteiger partial charge in [-0.25, -0.2) is 0 Å². The first-order valence-corrected chi connectivity index (χ1v) is 6.99. The van der Waals surface area contributed by atoms with Crippen LogP contribution in [-0.2, 0) is 9.59 Å². The number of aliphatic hydroxyl groups excluding tert-OH is 2. The molecule has 0 saturated carbocycles. The number of carboxylic acid groups (broad SMARTS) is 1. The van der Waals surface area contributed by atoms with Crippen LogP contribution in [-0.4, -0.2) is 40.0 Å². The molecule has 22 heavy (non-hydrogen) atoms. The van der Waals surface area contributed by atoms with Crippen molar-refractivity contribution >= 4 is 23.5 Å². The van der Waals surface area contributed by atoms with E-state index in [1.807, 2.05) is 0 Å². The highest BCUT2D eigenvalue weighted by Crippen LogP contribution is 2.27. The molecule has 0 aliphatic rings. The Morgan fingerprint density at radius 1 is 1.32 bits per heavy atom. The van der Waals surface area contributed by atoms with E-state index in [-0.39, 0.29) is 5.75 Å². The van der Waals surface area contributed by atoms with Crippen molar-refractivity contribution in [2.45, 2.75) is 33.3 Å². The summed E-state index contributed by atoms with van der Waals surface area (Å²) in [6, 6.07) is 3.14. The van der Waals surface area contributed by atoms with Gasteiger partial charge in [0.15, 0.2) is 0 Å². The van der Waals surface area contributed by atoms with Crippen LogP contribution >= 0.6 is 11.6 Å². The minimum Gasteiger partial charge on any atom is -0.481 e. The number of aliphatic hydroxyl groups is 2. The Balaban J connectivity index is 2.81. The Morgan fingerprint density at radius 2 is 1.82 bits per heavy atom. The van der Waals surface area contributed by atoms with E-state index in [0.717, 1.165) is 18.1 Å². The van der Waals surface area contributed by atoms with Crippen molar-refractivity contribution in [1.29, 1.82) is 0 Å². The Morgan fingerprint density at radius 3 is 2.23 bits per heavy atom. The molecule has 1 rings (SSSR count). The molecule has 2 atom stereocenters. The molecule has 0 aromatic heterocycles. The molecule has 122 valence electrons. The van der Waals surface area contributed by atoms with E-state index in [1.165, 1.54) is 0 Å². The number of hydrogen-bond donors (Lipinski definition) is 3. The summed E-state index contributed by atoms with van der Waals surface area (Å²) in [5, 5.41) is 28.6. The predicted molar refractivity (Wildman–Crippen MR) is 80.0 cm³/mol. The van der Waals surface area contributed by atoms with Crippen molar-refractivity contribution in [2.75, 3.05) is 6.61 Å². The van der Waals surface area contributed by atoms with E-state index in [4.69, 9.17) is 26.6 Å². The van der Waals surface area contributed by atoms with Gasteiger partial charge in [0.2, 0.25) is 0 Å². The minimum atomic E-state index is -1.83. The SMILES string of the molecule is Cc1cc(OC(=O)CC(O)C(C)(CO)C(=O)O)cc(C)c1Cl. The summed E-state index contributed by atoms with van der Waals surface area (Å²) in [5.74, 6) is -1.93. The molecule has 7 heteroatoms. The van der Waals surface area contributed by atoms with Crippen molar-refractivity contribution in [3.63, 3.8) is 0 Å². The molecule has 1 aromatic rings. The monoisotopic (exact) mass is 330 g/mol. The third kappa shape index (κ3) is 3.97. The smallest absolute Gasteiger partial charge is 0.314 e. The maximum atomic E-state index is 11.8. The average molecular weight is 331 g/mol. The van der Waals surface area contributed by atoms with Crippen LogP contribution in [0.2, 0.25) is 5.02 Å². The van der Waals surface area contributed by atoms with Gasteiger partial charge < -0.3 is 20.1 Å². The molecule has 0 fully saturated rings. The second-order valence-corrected chi connectivity index (χ2v) is 5.82. The highest BCUT2D eigenvalue weighted by Gasteiger charge is 2.41. The third-order valence-corrected chi connectivity index (χ3v) is 4.15. The van der Waals surface area contributed by atoms with E-state index in [1.54, 1.807) is 26.0 Å². The summed E-state index contributed by atoms with van der Waals surface area (Å²) in [5.41, 5.74) is -0.364. The summed E-state index contributed by atoms with van der Waals surface area (Å²) in [4.78, 5) is 22.9. The Hall–Kier alpha value is -1.63. The van der Waals surface area contributed by atoms with Crippen molar-refractivity contribution in [3.05, 3.63) is 28.3 Å². The van der Waals surface area contributed by atoms with Crippen molar-refractivity contribution in [1.82, 2.24) is 0 Å². The molecular weight excluding hydrogens is 312 g/mol. The van der Waals surface area contributed by atoms with Crippen LogP contribution in [0.3, 0.4) is 0 Å². The molecule has 3 N–H and O–H groups in total. The summed E-state index contributed by atoms with van der Waals surface area (Å²) in [6.07, 6.45) is -2.12. The Kier molecular flexibility index (Phi) is 5.93. The van der Waals surface area contributed by atoms with E-state index in [0.29, 0.717) is 5.02 Å². The zero-order chi connectivity index (χ0) is 17.1. The number of hydrogen-bond acceptors (Lipinski definition) is 5. The van der Waals surface area contributed by atoms with Gasteiger partial charge in [-0.1, -0.05) is 11.6 Å². The van der Waals surface area contributed by atoms with Gasteiger partial charge in [0.05, 0.1) is 19.1 Å². The molecule has 0 aliphatic heterocycles. The number of benzene rings is 1. The first kappa shape index (κ1) is 18.4. The van der Waals surface area contributed by atoms with Gasteiger partial charge in [0, 0.05) is 5.02 Å². The molecule has 0 aliphatic carbocycles. The summed E-state index contributed by atoms with van der Waals surface area (Å²) in [7, 11) is 0. The topological polar surface area (TPSA) is 104 Å². The van der Waals surface area contributed by atoms with E-state index in [9.17, 15) is 14.7 Å². The maximum absolute atomic E-state index is 11.8. The standard InChI is InChI=1S/C15H19ClO6/c1-8-4-10(5-9(2)13(8)16)22-12(19)6-11(18)15(3,7-17)14(20)21/h4-5,11,17-18H,6-7H2,1-3H3,(H,20,21). The first-order valence-electron chi connectivity index (χ1n) is 6.61. The number of ether oxygens (including phenoxy) is 1. The molecule has 0 spiro atoms. The lowest BCUT2D eigenvalue weighted by atomic mass is 9.83. The van der Waals surface area contributed by atoms with Crippen LogP contribution in [0.25, 0.3) is 0 Å². The number of aliphatic carboxylic acids is 1. The lowest BCUT2D eigenvalue weighted by Crippen LogP contribution is -2.44. The zero-order valence-electron chi connectivity index (χ0n) is 12.6. The maximum Gasteiger partial charge on any atom is 0.314 e. The Labute approximate surface area is 133 Å². The lowest BCUT2D eigenvalue weighted by Gasteiger charge is -2.27. The van der Waals surface area contributed by atoms with Crippen molar-refractivity contribution < 1.29 is 29.6 Å². The number of esters is 1. The minimum absolute atomic E-state index is 0.262. The predicted octanol–water partition coefficient (Wildman–Crippen LogP) is 1.70. The average Bonchev–Trinajstić information content (AvgIpc) is 2.43. The lowest BCUT2D eigenvalue weighted by molar-refractivity contribution is -0.160. The van der Waals surface area contributed by atoms with Crippen LogP contribution in [0.15, 0.2) is 12.1 Å². The van der Waals surface area contributed by atoms with Gasteiger partial charge in [0.1, 0.15) is 11.2 Å². The fourth-order valence-electron chi connectivity index (χ4n) is 1.84. The molecule has 1 aromatic carbocycles. The largest absolute Gasteiger partial charge is 0.481 e. The zero-order valence-corrected chi connectivity index (χ0v) is 13.3. The highest BCUT2D eigenvalue weighted by atomic mass is 35.5. The van der Waals surface area contributed by atoms with Crippen LogP contribution in [0, 0.1) is 19.3 Å². The molecule has 6 nitrogen and oxygen atoms in total. The molecule has 0 amide bonds. The second kappa shape index (κ2) is 7.09. The Bertz CT molecular complexity index is 562. The van der Waals surface area contributed by atoms with Crippen LogP contribution in [0.4, 0.5) is 0 Å². The quantitative estimate of drug-likeness (QED) is 0.541. The van der Waals surface area contributed by atoms with Gasteiger partial charge in [-0.05, 0) is 44.0 Å². The fraction of sp³-hybridized carbons (Fsp3) is 0.467. The van der Waals surface area contributed by atoms with Gasteiger partial charge in [-0.3, -0.25) is 9.59 Å².